The van der Waals surface area contributed by atoms with Crippen LogP contribution in [0.1, 0.15) is 16.7 Å². The molecule has 0 aliphatic rings. The molecule has 26 heavy (non-hydrogen) atoms. The van der Waals surface area contributed by atoms with Gasteiger partial charge >= 0.3 is 0 Å². The minimum atomic E-state index is -2.30. The highest BCUT2D eigenvalue weighted by atomic mass is 28.4. The van der Waals surface area contributed by atoms with Crippen molar-refractivity contribution < 1.29 is 4.43 Å². The standard InChI is InChI=1S/C24H26OSi/c1-4-20-25-26(2,3)24(21-14-8-5-9-15-21,22-16-10-6-11-17-22)23-18-12-7-13-19-23/h4-19H,1,20H2,2-3H3. The average Bonchev–Trinajstić information content (AvgIpc) is 2.69. The molecule has 0 aromatic heterocycles. The molecule has 0 unspecified atom stereocenters. The van der Waals surface area contributed by atoms with Gasteiger partial charge in [-0.05, 0) is 29.8 Å². The molecule has 0 bridgehead atoms. The Morgan fingerprint density at radius 2 is 1.08 bits per heavy atom. The Balaban J connectivity index is 2.37. The summed E-state index contributed by atoms with van der Waals surface area (Å²) in [5, 5.41) is -0.306. The molecule has 3 aromatic rings. The summed E-state index contributed by atoms with van der Waals surface area (Å²) in [7, 11) is -2.30. The summed E-state index contributed by atoms with van der Waals surface area (Å²) in [5.41, 5.74) is 3.83. The van der Waals surface area contributed by atoms with E-state index in [4.69, 9.17) is 4.43 Å². The first-order valence-electron chi connectivity index (χ1n) is 9.04. The van der Waals surface area contributed by atoms with Gasteiger partial charge in [0.25, 0.3) is 0 Å². The van der Waals surface area contributed by atoms with Crippen LogP contribution in [0.2, 0.25) is 13.1 Å². The second kappa shape index (κ2) is 7.86. The summed E-state index contributed by atoms with van der Waals surface area (Å²) in [5.74, 6) is 0. The van der Waals surface area contributed by atoms with E-state index in [1.807, 2.05) is 6.08 Å². The van der Waals surface area contributed by atoms with Crippen LogP contribution in [0.3, 0.4) is 0 Å². The highest BCUT2D eigenvalue weighted by molar-refractivity contribution is 6.76. The predicted octanol–water partition coefficient (Wildman–Crippen LogP) is 5.97. The Hall–Kier alpha value is -2.42. The van der Waals surface area contributed by atoms with Crippen molar-refractivity contribution >= 4 is 8.32 Å². The van der Waals surface area contributed by atoms with Crippen molar-refractivity contribution in [2.75, 3.05) is 6.61 Å². The van der Waals surface area contributed by atoms with Gasteiger partial charge in [-0.1, -0.05) is 97.1 Å². The molecule has 0 aliphatic heterocycles. The van der Waals surface area contributed by atoms with Crippen LogP contribution in [0, 0.1) is 0 Å². The molecule has 0 heterocycles. The summed E-state index contributed by atoms with van der Waals surface area (Å²) >= 11 is 0. The van der Waals surface area contributed by atoms with E-state index < -0.39 is 8.32 Å². The molecule has 0 amide bonds. The fourth-order valence-corrected chi connectivity index (χ4v) is 7.32. The summed E-state index contributed by atoms with van der Waals surface area (Å²) in [4.78, 5) is 0. The monoisotopic (exact) mass is 358 g/mol. The van der Waals surface area contributed by atoms with Crippen LogP contribution in [-0.2, 0) is 9.46 Å². The molecule has 2 heteroatoms. The largest absolute Gasteiger partial charge is 0.412 e. The zero-order valence-electron chi connectivity index (χ0n) is 15.6. The highest BCUT2D eigenvalue weighted by Gasteiger charge is 2.52. The molecule has 1 nitrogen and oxygen atoms in total. The average molecular weight is 359 g/mol. The molecule has 0 aliphatic carbocycles. The molecule has 0 radical (unpaired) electrons. The molecule has 3 rings (SSSR count). The molecular formula is C24H26OSi. The highest BCUT2D eigenvalue weighted by Crippen LogP contribution is 2.46. The maximum atomic E-state index is 6.53. The van der Waals surface area contributed by atoms with Crippen molar-refractivity contribution in [3.8, 4) is 0 Å². The smallest absolute Gasteiger partial charge is 0.206 e. The lowest BCUT2D eigenvalue weighted by Gasteiger charge is -2.46. The molecule has 0 N–H and O–H groups in total. The van der Waals surface area contributed by atoms with Crippen LogP contribution >= 0.6 is 0 Å². The first-order valence-corrected chi connectivity index (χ1v) is 11.9. The zero-order valence-corrected chi connectivity index (χ0v) is 16.6. The van der Waals surface area contributed by atoms with E-state index >= 15 is 0 Å². The molecule has 0 saturated carbocycles. The third-order valence-electron chi connectivity index (χ3n) is 5.09. The van der Waals surface area contributed by atoms with Crippen LogP contribution in [0.25, 0.3) is 0 Å². The van der Waals surface area contributed by atoms with Crippen LogP contribution in [0.5, 0.6) is 0 Å². The predicted molar refractivity (Wildman–Crippen MR) is 113 cm³/mol. The maximum Gasteiger partial charge on any atom is 0.206 e. The lowest BCUT2D eigenvalue weighted by Crippen LogP contribution is -2.55. The number of rotatable bonds is 7. The van der Waals surface area contributed by atoms with Crippen molar-refractivity contribution in [2.24, 2.45) is 0 Å². The second-order valence-corrected chi connectivity index (χ2v) is 11.0. The van der Waals surface area contributed by atoms with Gasteiger partial charge in [-0.25, -0.2) is 0 Å². The topological polar surface area (TPSA) is 9.23 Å². The fourth-order valence-electron chi connectivity index (χ4n) is 3.98. The summed E-state index contributed by atoms with van der Waals surface area (Å²) < 4.78 is 6.53. The lowest BCUT2D eigenvalue weighted by atomic mass is 9.84. The first-order chi connectivity index (χ1) is 12.6. The number of hydrogen-bond donors (Lipinski definition) is 0. The van der Waals surface area contributed by atoms with Gasteiger partial charge in [-0.15, -0.1) is 6.58 Å². The van der Waals surface area contributed by atoms with Crippen LogP contribution in [0.4, 0.5) is 0 Å². The third-order valence-corrected chi connectivity index (χ3v) is 8.65. The SMILES string of the molecule is C=CCO[Si](C)(C)C(c1ccccc1)(c1ccccc1)c1ccccc1. The Morgan fingerprint density at radius 1 is 0.731 bits per heavy atom. The van der Waals surface area contributed by atoms with Crippen molar-refractivity contribution in [1.82, 2.24) is 0 Å². The third kappa shape index (κ3) is 3.18. The van der Waals surface area contributed by atoms with Gasteiger partial charge in [-0.3, -0.25) is 0 Å². The molecule has 132 valence electrons. The van der Waals surface area contributed by atoms with Crippen LogP contribution in [0.15, 0.2) is 104 Å². The second-order valence-electron chi connectivity index (χ2n) is 6.96. The molecule has 3 aromatic carbocycles. The summed E-state index contributed by atoms with van der Waals surface area (Å²) in [6.07, 6.45) is 1.85. The number of benzene rings is 3. The Labute approximate surface area is 158 Å². The van der Waals surface area contributed by atoms with Gasteiger partial charge in [0.1, 0.15) is 0 Å². The minimum Gasteiger partial charge on any atom is -0.412 e. The minimum absolute atomic E-state index is 0.306. The Bertz CT molecular complexity index is 729. The van der Waals surface area contributed by atoms with Crippen molar-refractivity contribution in [3.63, 3.8) is 0 Å². The molecule has 0 saturated heterocycles. The van der Waals surface area contributed by atoms with E-state index in [0.717, 1.165) is 0 Å². The molecular weight excluding hydrogens is 332 g/mol. The van der Waals surface area contributed by atoms with Gasteiger partial charge in [0.15, 0.2) is 0 Å². The number of hydrogen-bond acceptors (Lipinski definition) is 1. The van der Waals surface area contributed by atoms with Gasteiger partial charge in [0.2, 0.25) is 8.32 Å². The van der Waals surface area contributed by atoms with Crippen molar-refractivity contribution in [2.45, 2.75) is 18.1 Å². The van der Waals surface area contributed by atoms with Gasteiger partial charge in [-0.2, -0.15) is 0 Å². The molecule has 0 spiro atoms. The van der Waals surface area contributed by atoms with Gasteiger partial charge in [0.05, 0.1) is 11.6 Å². The van der Waals surface area contributed by atoms with E-state index in [0.29, 0.717) is 6.61 Å². The molecule has 0 atom stereocenters. The van der Waals surface area contributed by atoms with Crippen LogP contribution in [-0.4, -0.2) is 14.9 Å². The van der Waals surface area contributed by atoms with E-state index in [-0.39, 0.29) is 5.04 Å². The van der Waals surface area contributed by atoms with E-state index in [9.17, 15) is 0 Å². The molecule has 0 fully saturated rings. The zero-order chi connectivity index (χ0) is 18.5. The van der Waals surface area contributed by atoms with Crippen molar-refractivity contribution in [3.05, 3.63) is 120 Å². The Kier molecular flexibility index (Phi) is 5.55. The summed E-state index contributed by atoms with van der Waals surface area (Å²) in [6.45, 7) is 9.04. The fraction of sp³-hybridized carbons (Fsp3) is 0.167. The maximum absolute atomic E-state index is 6.53. The van der Waals surface area contributed by atoms with E-state index in [2.05, 4.69) is 111 Å². The van der Waals surface area contributed by atoms with Crippen molar-refractivity contribution in [1.29, 1.82) is 0 Å². The van der Waals surface area contributed by atoms with Crippen LogP contribution < -0.4 is 0 Å². The Morgan fingerprint density at radius 3 is 1.38 bits per heavy atom. The van der Waals surface area contributed by atoms with Gasteiger partial charge in [0, 0.05) is 0 Å². The lowest BCUT2D eigenvalue weighted by molar-refractivity contribution is 0.335. The quantitative estimate of drug-likeness (QED) is 0.287. The van der Waals surface area contributed by atoms with E-state index in [1.54, 1.807) is 0 Å². The summed E-state index contributed by atoms with van der Waals surface area (Å²) in [6, 6.07) is 32.3. The van der Waals surface area contributed by atoms with Gasteiger partial charge < -0.3 is 4.43 Å². The normalized spacial score (nSPS) is 11.9. The van der Waals surface area contributed by atoms with E-state index in [1.165, 1.54) is 16.7 Å². The first kappa shape index (κ1) is 18.4.